The van der Waals surface area contributed by atoms with E-state index in [1.807, 2.05) is 49.9 Å². The first-order chi connectivity index (χ1) is 15.1. The Labute approximate surface area is 188 Å². The number of anilines is 2. The normalized spacial score (nSPS) is 22.2. The highest BCUT2D eigenvalue weighted by Gasteiger charge is 2.43. The van der Waals surface area contributed by atoms with Crippen molar-refractivity contribution in [2.45, 2.75) is 45.3 Å². The van der Waals surface area contributed by atoms with Gasteiger partial charge in [0.05, 0.1) is 12.0 Å². The zero-order chi connectivity index (χ0) is 23.0. The monoisotopic (exact) mass is 444 g/mol. The summed E-state index contributed by atoms with van der Waals surface area (Å²) in [5.41, 5.74) is 1.33. The molecule has 174 valence electrons. The van der Waals surface area contributed by atoms with Crippen molar-refractivity contribution in [3.8, 4) is 0 Å². The van der Waals surface area contributed by atoms with E-state index in [9.17, 15) is 19.5 Å². The fourth-order valence-electron chi connectivity index (χ4n) is 4.64. The number of aliphatic carboxylic acids is 1. The van der Waals surface area contributed by atoms with Crippen molar-refractivity contribution in [3.05, 3.63) is 24.3 Å². The highest BCUT2D eigenvalue weighted by molar-refractivity contribution is 5.95. The molecule has 1 aromatic carbocycles. The molecule has 0 radical (unpaired) electrons. The Morgan fingerprint density at radius 3 is 2.19 bits per heavy atom. The van der Waals surface area contributed by atoms with Gasteiger partial charge in [-0.1, -0.05) is 0 Å². The minimum Gasteiger partial charge on any atom is -0.481 e. The topological polar surface area (TPSA) is 93.6 Å². The minimum atomic E-state index is -0.714. The van der Waals surface area contributed by atoms with Gasteiger partial charge in [0.25, 0.3) is 0 Å². The van der Waals surface area contributed by atoms with E-state index in [2.05, 4.69) is 4.90 Å². The van der Waals surface area contributed by atoms with Crippen LogP contribution in [0.1, 0.15) is 33.6 Å². The quantitative estimate of drug-likeness (QED) is 0.771. The summed E-state index contributed by atoms with van der Waals surface area (Å²) in [7, 11) is 0. The molecule has 1 aromatic rings. The fourth-order valence-corrected chi connectivity index (χ4v) is 4.64. The first-order valence-electron chi connectivity index (χ1n) is 11.3. The first kappa shape index (κ1) is 22.2. The molecular weight excluding hydrogens is 412 g/mol. The Bertz CT molecular complexity index is 873. The number of carbonyl (C=O) groups is 3. The predicted octanol–water partition coefficient (Wildman–Crippen LogP) is 2.85. The molecule has 3 aliphatic rings. The Hall–Kier alpha value is -2.97. The Balaban J connectivity index is 1.37. The van der Waals surface area contributed by atoms with Gasteiger partial charge in [-0.25, -0.2) is 9.59 Å². The summed E-state index contributed by atoms with van der Waals surface area (Å²) in [6.45, 7) is 8.94. The summed E-state index contributed by atoms with van der Waals surface area (Å²) in [6, 6.07) is 7.79. The van der Waals surface area contributed by atoms with Crippen molar-refractivity contribution in [1.82, 2.24) is 9.80 Å². The second kappa shape index (κ2) is 8.52. The lowest BCUT2D eigenvalue weighted by Gasteiger charge is -2.36. The Morgan fingerprint density at radius 1 is 0.969 bits per heavy atom. The smallest absolute Gasteiger partial charge is 0.410 e. The van der Waals surface area contributed by atoms with Gasteiger partial charge >= 0.3 is 18.1 Å². The lowest BCUT2D eigenvalue weighted by molar-refractivity contribution is -0.142. The average molecular weight is 445 g/mol. The van der Waals surface area contributed by atoms with E-state index >= 15 is 0 Å². The molecule has 1 N–H and O–H groups in total. The van der Waals surface area contributed by atoms with Gasteiger partial charge < -0.3 is 24.5 Å². The van der Waals surface area contributed by atoms with Gasteiger partial charge in [-0.2, -0.15) is 0 Å². The number of carbonyl (C=O) groups excluding carboxylic acids is 2. The van der Waals surface area contributed by atoms with Gasteiger partial charge in [0.15, 0.2) is 0 Å². The van der Waals surface area contributed by atoms with Crippen molar-refractivity contribution in [2.75, 3.05) is 49.1 Å². The number of urea groups is 1. The third kappa shape index (κ3) is 4.61. The average Bonchev–Trinajstić information content (AvgIpc) is 3.08. The number of rotatable bonds is 3. The molecule has 3 amide bonds. The van der Waals surface area contributed by atoms with E-state index in [1.165, 1.54) is 0 Å². The Kier molecular flexibility index (Phi) is 5.92. The number of fused-ring (bicyclic) bond motifs is 1. The van der Waals surface area contributed by atoms with E-state index < -0.39 is 11.6 Å². The van der Waals surface area contributed by atoms with Gasteiger partial charge in [0.1, 0.15) is 5.60 Å². The third-order valence-corrected chi connectivity index (χ3v) is 6.38. The predicted molar refractivity (Wildman–Crippen MR) is 120 cm³/mol. The van der Waals surface area contributed by atoms with Crippen molar-refractivity contribution in [2.24, 2.45) is 5.92 Å². The molecule has 0 saturated carbocycles. The summed E-state index contributed by atoms with van der Waals surface area (Å²) in [4.78, 5) is 44.1. The Morgan fingerprint density at radius 2 is 1.59 bits per heavy atom. The van der Waals surface area contributed by atoms with E-state index in [-0.39, 0.29) is 24.1 Å². The van der Waals surface area contributed by atoms with Gasteiger partial charge in [-0.05, 0) is 57.9 Å². The number of piperazine rings is 1. The summed E-state index contributed by atoms with van der Waals surface area (Å²) >= 11 is 0. The number of nitrogens with zero attached hydrogens (tertiary/aromatic N) is 4. The number of benzene rings is 1. The van der Waals surface area contributed by atoms with Crippen LogP contribution >= 0.6 is 0 Å². The standard InChI is InChI=1S/C23H32N4O5/c1-23(2,3)32-22(31)25-12-13-26-19(14-25)15-27(21(26)30)18-6-4-17(5-7-18)24-10-8-16(9-11-24)20(28)29/h4-7,16,19H,8-15H2,1-3H3,(H,28,29). The van der Waals surface area contributed by atoms with Crippen molar-refractivity contribution in [1.29, 1.82) is 0 Å². The first-order valence-corrected chi connectivity index (χ1v) is 11.3. The lowest BCUT2D eigenvalue weighted by atomic mass is 9.97. The number of carboxylic acids is 1. The largest absolute Gasteiger partial charge is 0.481 e. The number of ether oxygens (including phenoxy) is 1. The second-order valence-corrected chi connectivity index (χ2v) is 9.78. The van der Waals surface area contributed by atoms with Crippen LogP contribution in [0.4, 0.5) is 21.0 Å². The van der Waals surface area contributed by atoms with Crippen LogP contribution in [0.5, 0.6) is 0 Å². The van der Waals surface area contributed by atoms with Crippen molar-refractivity contribution < 1.29 is 24.2 Å². The number of carboxylic acid groups (broad SMARTS) is 1. The summed E-state index contributed by atoms with van der Waals surface area (Å²) < 4.78 is 5.49. The molecular formula is C23H32N4O5. The van der Waals surface area contributed by atoms with Gasteiger partial charge in [0, 0.05) is 50.6 Å². The van der Waals surface area contributed by atoms with Crippen molar-refractivity contribution in [3.63, 3.8) is 0 Å². The zero-order valence-corrected chi connectivity index (χ0v) is 19.0. The van der Waals surface area contributed by atoms with Crippen LogP contribution in [0.3, 0.4) is 0 Å². The van der Waals surface area contributed by atoms with Crippen LogP contribution < -0.4 is 9.80 Å². The second-order valence-electron chi connectivity index (χ2n) is 9.78. The number of amides is 3. The van der Waals surface area contributed by atoms with Crippen LogP contribution in [-0.2, 0) is 9.53 Å². The van der Waals surface area contributed by atoms with E-state index in [0.29, 0.717) is 39.0 Å². The van der Waals surface area contributed by atoms with Crippen LogP contribution in [0.15, 0.2) is 24.3 Å². The lowest BCUT2D eigenvalue weighted by Crippen LogP contribution is -2.54. The molecule has 3 saturated heterocycles. The highest BCUT2D eigenvalue weighted by atomic mass is 16.6. The maximum atomic E-state index is 13.0. The SMILES string of the molecule is CC(C)(C)OC(=O)N1CCN2C(=O)N(c3ccc(N4CCC(C(=O)O)CC4)cc3)CC2C1. The highest BCUT2D eigenvalue weighted by Crippen LogP contribution is 2.30. The molecule has 0 aliphatic carbocycles. The molecule has 3 aliphatic heterocycles. The molecule has 0 aromatic heterocycles. The molecule has 3 fully saturated rings. The molecule has 3 heterocycles. The molecule has 0 bridgehead atoms. The van der Waals surface area contributed by atoms with E-state index in [1.54, 1.807) is 9.80 Å². The van der Waals surface area contributed by atoms with E-state index in [0.717, 1.165) is 24.5 Å². The van der Waals surface area contributed by atoms with Gasteiger partial charge in [-0.3, -0.25) is 9.69 Å². The summed E-state index contributed by atoms with van der Waals surface area (Å²) in [5.74, 6) is -0.973. The number of hydrogen-bond donors (Lipinski definition) is 1. The molecule has 0 spiro atoms. The molecule has 4 rings (SSSR count). The minimum absolute atomic E-state index is 0.0335. The number of hydrogen-bond acceptors (Lipinski definition) is 5. The fraction of sp³-hybridized carbons (Fsp3) is 0.609. The van der Waals surface area contributed by atoms with Gasteiger partial charge in [0.2, 0.25) is 0 Å². The van der Waals surface area contributed by atoms with Crippen LogP contribution in [0.2, 0.25) is 0 Å². The maximum Gasteiger partial charge on any atom is 0.410 e. The molecule has 1 unspecified atom stereocenters. The van der Waals surface area contributed by atoms with Crippen LogP contribution in [-0.4, -0.2) is 83.9 Å². The molecule has 9 nitrogen and oxygen atoms in total. The van der Waals surface area contributed by atoms with Crippen molar-refractivity contribution >= 4 is 29.5 Å². The zero-order valence-electron chi connectivity index (χ0n) is 19.0. The summed E-state index contributed by atoms with van der Waals surface area (Å²) in [5, 5.41) is 9.17. The molecule has 32 heavy (non-hydrogen) atoms. The maximum absolute atomic E-state index is 13.0. The molecule has 9 heteroatoms. The summed E-state index contributed by atoms with van der Waals surface area (Å²) in [6.07, 6.45) is 0.956. The third-order valence-electron chi connectivity index (χ3n) is 6.38. The van der Waals surface area contributed by atoms with Crippen LogP contribution in [0, 0.1) is 5.92 Å². The van der Waals surface area contributed by atoms with E-state index in [4.69, 9.17) is 4.74 Å². The van der Waals surface area contributed by atoms with Crippen LogP contribution in [0.25, 0.3) is 0 Å². The molecule has 1 atom stereocenters. The van der Waals surface area contributed by atoms with Gasteiger partial charge in [-0.15, -0.1) is 0 Å². The number of piperidine rings is 1.